The van der Waals surface area contributed by atoms with Gasteiger partial charge in [0.2, 0.25) is 0 Å². The number of anilines is 1. The quantitative estimate of drug-likeness (QED) is 0.522. The number of halogens is 1. The van der Waals surface area contributed by atoms with Crippen LogP contribution in [0.25, 0.3) is 11.3 Å². The van der Waals surface area contributed by atoms with Crippen molar-refractivity contribution < 1.29 is 14.1 Å². The van der Waals surface area contributed by atoms with Gasteiger partial charge in [-0.25, -0.2) is 0 Å². The first-order chi connectivity index (χ1) is 11.9. The number of benzene rings is 2. The first kappa shape index (κ1) is 16.7. The number of furan rings is 1. The highest BCUT2D eigenvalue weighted by Crippen LogP contribution is 2.25. The molecule has 6 nitrogen and oxygen atoms in total. The third kappa shape index (κ3) is 3.70. The molecule has 0 saturated heterocycles. The van der Waals surface area contributed by atoms with Crippen molar-refractivity contribution in [1.29, 1.82) is 0 Å². The van der Waals surface area contributed by atoms with Gasteiger partial charge in [-0.1, -0.05) is 17.7 Å². The number of nitro groups is 1. The number of rotatable bonds is 4. The monoisotopic (exact) mass is 356 g/mol. The Morgan fingerprint density at radius 2 is 1.84 bits per heavy atom. The third-order valence-electron chi connectivity index (χ3n) is 3.62. The van der Waals surface area contributed by atoms with E-state index >= 15 is 0 Å². The molecule has 0 atom stereocenters. The Morgan fingerprint density at radius 3 is 2.48 bits per heavy atom. The van der Waals surface area contributed by atoms with Gasteiger partial charge in [-0.15, -0.1) is 0 Å². The van der Waals surface area contributed by atoms with Crippen molar-refractivity contribution in [3.63, 3.8) is 0 Å². The molecule has 3 aromatic rings. The van der Waals surface area contributed by atoms with Crippen LogP contribution < -0.4 is 5.32 Å². The second-order valence-electron chi connectivity index (χ2n) is 5.39. The molecule has 7 heteroatoms. The molecule has 3 rings (SSSR count). The molecule has 2 aromatic carbocycles. The van der Waals surface area contributed by atoms with Crippen molar-refractivity contribution in [2.75, 3.05) is 5.32 Å². The average molecular weight is 357 g/mol. The molecule has 0 saturated carbocycles. The lowest BCUT2D eigenvalue weighted by atomic mass is 10.1. The zero-order valence-corrected chi connectivity index (χ0v) is 13.9. The number of nitrogens with zero attached hydrogens (tertiary/aromatic N) is 1. The van der Waals surface area contributed by atoms with E-state index in [2.05, 4.69) is 5.32 Å². The van der Waals surface area contributed by atoms with Crippen molar-refractivity contribution in [2.45, 2.75) is 6.92 Å². The van der Waals surface area contributed by atoms with Crippen LogP contribution in [0.2, 0.25) is 5.02 Å². The number of hydrogen-bond donors (Lipinski definition) is 1. The number of nitro benzene ring substituents is 1. The van der Waals surface area contributed by atoms with Gasteiger partial charge in [0.15, 0.2) is 5.76 Å². The lowest BCUT2D eigenvalue weighted by Gasteiger charge is -2.05. The molecule has 0 spiro atoms. The minimum atomic E-state index is -0.475. The van der Waals surface area contributed by atoms with Crippen molar-refractivity contribution in [2.24, 2.45) is 0 Å². The van der Waals surface area contributed by atoms with E-state index in [0.29, 0.717) is 22.0 Å². The molecular weight excluding hydrogens is 344 g/mol. The lowest BCUT2D eigenvalue weighted by molar-refractivity contribution is -0.384. The topological polar surface area (TPSA) is 85.4 Å². The summed E-state index contributed by atoms with van der Waals surface area (Å²) in [4.78, 5) is 22.5. The Morgan fingerprint density at radius 1 is 1.12 bits per heavy atom. The van der Waals surface area contributed by atoms with Crippen LogP contribution in [0.3, 0.4) is 0 Å². The predicted octanol–water partition coefficient (Wildman–Crippen LogP) is 5.07. The predicted molar refractivity (Wildman–Crippen MR) is 94.9 cm³/mol. The van der Waals surface area contributed by atoms with E-state index in [0.717, 1.165) is 5.56 Å². The molecule has 126 valence electrons. The minimum absolute atomic E-state index is 0.00970. The smallest absolute Gasteiger partial charge is 0.291 e. The minimum Gasteiger partial charge on any atom is -0.451 e. The molecule has 1 aromatic heterocycles. The number of carbonyl (C=O) groups is 1. The van der Waals surface area contributed by atoms with Crippen LogP contribution in [0.4, 0.5) is 11.4 Å². The number of aryl methyl sites for hydroxylation is 1. The summed E-state index contributed by atoms with van der Waals surface area (Å²) in [6.07, 6.45) is 0. The number of non-ortho nitro benzene ring substituents is 1. The molecule has 0 bridgehead atoms. The van der Waals surface area contributed by atoms with Crippen LogP contribution in [0.5, 0.6) is 0 Å². The highest BCUT2D eigenvalue weighted by molar-refractivity contribution is 6.31. The van der Waals surface area contributed by atoms with Gasteiger partial charge < -0.3 is 9.73 Å². The number of nitrogens with one attached hydrogen (secondary N) is 1. The van der Waals surface area contributed by atoms with Gasteiger partial charge >= 0.3 is 0 Å². The summed E-state index contributed by atoms with van der Waals surface area (Å²) in [5.74, 6) is 0.167. The summed E-state index contributed by atoms with van der Waals surface area (Å²) in [5, 5.41) is 13.9. The molecule has 0 radical (unpaired) electrons. The number of carbonyl (C=O) groups excluding carboxylic acids is 1. The van der Waals surface area contributed by atoms with Crippen LogP contribution in [-0.4, -0.2) is 10.8 Å². The molecular formula is C18H13ClN2O4. The second kappa shape index (κ2) is 6.78. The molecule has 1 heterocycles. The van der Waals surface area contributed by atoms with Gasteiger partial charge in [0.1, 0.15) is 5.76 Å². The Balaban J connectivity index is 1.77. The van der Waals surface area contributed by atoms with E-state index in [-0.39, 0.29) is 11.4 Å². The van der Waals surface area contributed by atoms with Gasteiger partial charge in [0, 0.05) is 28.4 Å². The molecule has 1 amide bonds. The summed E-state index contributed by atoms with van der Waals surface area (Å²) >= 11 is 6.04. The molecule has 0 aliphatic carbocycles. The molecule has 0 aliphatic heterocycles. The normalized spacial score (nSPS) is 10.5. The lowest BCUT2D eigenvalue weighted by Crippen LogP contribution is -2.10. The maximum atomic E-state index is 12.3. The first-order valence-electron chi connectivity index (χ1n) is 7.36. The summed E-state index contributed by atoms with van der Waals surface area (Å²) in [5.41, 5.74) is 2.11. The summed E-state index contributed by atoms with van der Waals surface area (Å²) in [6.45, 7) is 1.87. The largest absolute Gasteiger partial charge is 0.451 e. The summed E-state index contributed by atoms with van der Waals surface area (Å²) < 4.78 is 5.54. The number of hydrogen-bond acceptors (Lipinski definition) is 4. The van der Waals surface area contributed by atoms with Gasteiger partial charge in [-0.2, -0.15) is 0 Å². The highest BCUT2D eigenvalue weighted by atomic mass is 35.5. The highest BCUT2D eigenvalue weighted by Gasteiger charge is 2.14. The fourth-order valence-electron chi connectivity index (χ4n) is 2.23. The Hall–Kier alpha value is -3.12. The zero-order chi connectivity index (χ0) is 18.0. The van der Waals surface area contributed by atoms with Crippen LogP contribution in [-0.2, 0) is 0 Å². The molecule has 0 unspecified atom stereocenters. The molecule has 1 N–H and O–H groups in total. The van der Waals surface area contributed by atoms with E-state index in [9.17, 15) is 14.9 Å². The fraction of sp³-hybridized carbons (Fsp3) is 0.0556. The van der Waals surface area contributed by atoms with E-state index in [1.54, 1.807) is 36.4 Å². The van der Waals surface area contributed by atoms with Crippen molar-refractivity contribution in [1.82, 2.24) is 0 Å². The maximum Gasteiger partial charge on any atom is 0.291 e. The molecule has 0 fully saturated rings. The Bertz CT molecular complexity index is 948. The summed E-state index contributed by atoms with van der Waals surface area (Å²) in [7, 11) is 0. The third-order valence-corrected chi connectivity index (χ3v) is 4.03. The Labute approximate surface area is 148 Å². The van der Waals surface area contributed by atoms with Gasteiger partial charge in [-0.3, -0.25) is 14.9 Å². The van der Waals surface area contributed by atoms with E-state index in [1.807, 2.05) is 13.0 Å². The van der Waals surface area contributed by atoms with Gasteiger partial charge in [0.05, 0.1) is 4.92 Å². The maximum absolute atomic E-state index is 12.3. The molecule has 0 aliphatic rings. The van der Waals surface area contributed by atoms with Gasteiger partial charge in [-0.05, 0) is 48.9 Å². The summed E-state index contributed by atoms with van der Waals surface area (Å²) in [6, 6.07) is 14.3. The number of amides is 1. The van der Waals surface area contributed by atoms with Crippen molar-refractivity contribution >= 4 is 28.9 Å². The first-order valence-corrected chi connectivity index (χ1v) is 7.74. The van der Waals surface area contributed by atoms with E-state index in [4.69, 9.17) is 16.0 Å². The van der Waals surface area contributed by atoms with Gasteiger partial charge in [0.25, 0.3) is 11.6 Å². The van der Waals surface area contributed by atoms with Crippen LogP contribution in [0, 0.1) is 17.0 Å². The second-order valence-corrected chi connectivity index (χ2v) is 5.79. The average Bonchev–Trinajstić information content (AvgIpc) is 3.08. The van der Waals surface area contributed by atoms with Crippen LogP contribution in [0.15, 0.2) is 59.0 Å². The van der Waals surface area contributed by atoms with Crippen molar-refractivity contribution in [3.8, 4) is 11.3 Å². The standard InChI is InChI=1S/C18H13ClN2O4/c1-11-2-5-13(10-15(11)19)20-18(22)17-9-8-16(25-17)12-3-6-14(7-4-12)21(23)24/h2-10H,1H3,(H,20,22). The Kier molecular flexibility index (Phi) is 4.54. The molecule has 25 heavy (non-hydrogen) atoms. The van der Waals surface area contributed by atoms with Crippen molar-refractivity contribution in [3.05, 3.63) is 81.1 Å². The fourth-order valence-corrected chi connectivity index (χ4v) is 2.41. The zero-order valence-electron chi connectivity index (χ0n) is 13.2. The van der Waals surface area contributed by atoms with E-state index in [1.165, 1.54) is 12.1 Å². The van der Waals surface area contributed by atoms with Crippen LogP contribution >= 0.6 is 11.6 Å². The SMILES string of the molecule is Cc1ccc(NC(=O)c2ccc(-c3ccc([N+](=O)[O-])cc3)o2)cc1Cl. The van der Waals surface area contributed by atoms with E-state index < -0.39 is 10.8 Å². The van der Waals surface area contributed by atoms with Crippen LogP contribution in [0.1, 0.15) is 16.1 Å².